The number of nitrogens with one attached hydrogen (secondary N) is 1. The van der Waals surface area contributed by atoms with Crippen LogP contribution in [-0.4, -0.2) is 55.3 Å². The van der Waals surface area contributed by atoms with Gasteiger partial charge in [0.05, 0.1) is 30.4 Å². The summed E-state index contributed by atoms with van der Waals surface area (Å²) in [6, 6.07) is 4.18. The highest BCUT2D eigenvalue weighted by molar-refractivity contribution is 5.99. The van der Waals surface area contributed by atoms with Crippen LogP contribution in [-0.2, 0) is 0 Å². The van der Waals surface area contributed by atoms with E-state index in [-0.39, 0.29) is 11.7 Å². The number of nitrogens with zero attached hydrogens (tertiary/aromatic N) is 4. The van der Waals surface area contributed by atoms with Crippen LogP contribution < -0.4 is 4.74 Å². The fourth-order valence-electron chi connectivity index (χ4n) is 5.58. The molecule has 4 heterocycles. The van der Waals surface area contributed by atoms with E-state index in [1.807, 2.05) is 34.8 Å². The maximum atomic E-state index is 13.2. The van der Waals surface area contributed by atoms with E-state index in [4.69, 9.17) is 4.74 Å². The lowest BCUT2D eigenvalue weighted by Gasteiger charge is -2.43. The van der Waals surface area contributed by atoms with Gasteiger partial charge in [0.15, 0.2) is 17.2 Å². The lowest BCUT2D eigenvalue weighted by atomic mass is 9.83. The molecule has 1 N–H and O–H groups in total. The summed E-state index contributed by atoms with van der Waals surface area (Å²) in [7, 11) is 0. The largest absolute Gasteiger partial charge is 0.483 e. The average molecular weight is 434 g/mol. The zero-order chi connectivity index (χ0) is 21.9. The van der Waals surface area contributed by atoms with Crippen molar-refractivity contribution in [3.63, 3.8) is 0 Å². The molecule has 1 aromatic carbocycles. The van der Waals surface area contributed by atoms with Crippen LogP contribution in [0.4, 0.5) is 0 Å². The summed E-state index contributed by atoms with van der Waals surface area (Å²) in [6.07, 6.45) is 9.94. The molecule has 8 nitrogen and oxygen atoms in total. The molecule has 2 fully saturated rings. The Hall–Kier alpha value is -3.16. The first-order valence-corrected chi connectivity index (χ1v) is 11.6. The number of aryl methyl sites for hydroxylation is 1. The molecule has 1 spiro atoms. The number of hydrogen-bond donors (Lipinski definition) is 1. The Bertz CT molecular complexity index is 1210. The summed E-state index contributed by atoms with van der Waals surface area (Å²) in [5.74, 6) is 0.695. The third-order valence-electron chi connectivity index (χ3n) is 7.43. The lowest BCUT2D eigenvalue weighted by molar-refractivity contribution is -0.00584. The van der Waals surface area contributed by atoms with Crippen molar-refractivity contribution in [3.8, 4) is 5.75 Å². The summed E-state index contributed by atoms with van der Waals surface area (Å²) < 4.78 is 8.36. The highest BCUT2D eigenvalue weighted by atomic mass is 16.5. The molecule has 3 aromatic rings. The van der Waals surface area contributed by atoms with Crippen LogP contribution in [0, 0.1) is 6.92 Å². The number of carbonyl (C=O) groups is 2. The maximum absolute atomic E-state index is 13.2. The first kappa shape index (κ1) is 19.5. The number of rotatable bonds is 2. The third-order valence-corrected chi connectivity index (χ3v) is 7.43. The lowest BCUT2D eigenvalue weighted by Crippen LogP contribution is -2.52. The van der Waals surface area contributed by atoms with Crippen LogP contribution in [0.2, 0.25) is 0 Å². The smallest absolute Gasteiger partial charge is 0.253 e. The van der Waals surface area contributed by atoms with E-state index in [0.29, 0.717) is 55.4 Å². The molecule has 0 atom stereocenters. The van der Waals surface area contributed by atoms with Gasteiger partial charge >= 0.3 is 0 Å². The van der Waals surface area contributed by atoms with Crippen LogP contribution in [0.5, 0.6) is 5.75 Å². The minimum atomic E-state index is -0.533. The van der Waals surface area contributed by atoms with Gasteiger partial charge in [-0.1, -0.05) is 12.8 Å². The van der Waals surface area contributed by atoms with Crippen molar-refractivity contribution in [2.45, 2.75) is 63.5 Å². The van der Waals surface area contributed by atoms with E-state index >= 15 is 0 Å². The molecule has 1 aliphatic carbocycles. The topological polar surface area (TPSA) is 93.1 Å². The number of likely N-dealkylation sites (tertiary alicyclic amines) is 1. The molecular weight excluding hydrogens is 406 g/mol. The van der Waals surface area contributed by atoms with Gasteiger partial charge in [0.2, 0.25) is 0 Å². The number of ketones is 1. The minimum absolute atomic E-state index is 0.0166. The molecule has 3 aliphatic rings. The van der Waals surface area contributed by atoms with Gasteiger partial charge in [0.1, 0.15) is 5.60 Å². The zero-order valence-corrected chi connectivity index (χ0v) is 18.3. The van der Waals surface area contributed by atoms with Gasteiger partial charge in [-0.15, -0.1) is 0 Å². The molecule has 0 unspecified atom stereocenters. The molecule has 6 rings (SSSR count). The van der Waals surface area contributed by atoms with Crippen molar-refractivity contribution in [1.29, 1.82) is 0 Å². The Morgan fingerprint density at radius 1 is 1.22 bits per heavy atom. The van der Waals surface area contributed by atoms with E-state index < -0.39 is 5.60 Å². The van der Waals surface area contributed by atoms with Crippen molar-refractivity contribution < 1.29 is 14.3 Å². The number of piperidine rings is 1. The van der Waals surface area contributed by atoms with E-state index in [1.54, 1.807) is 6.20 Å². The molecule has 2 aliphatic heterocycles. The van der Waals surface area contributed by atoms with Gasteiger partial charge in [-0.2, -0.15) is 10.2 Å². The monoisotopic (exact) mass is 433 g/mol. The number of Topliss-reactive ketones (excluding diaryl/α,β-unsaturated/α-hetero) is 1. The summed E-state index contributed by atoms with van der Waals surface area (Å²) in [4.78, 5) is 28.0. The van der Waals surface area contributed by atoms with Crippen molar-refractivity contribution in [3.05, 3.63) is 41.3 Å². The number of fused-ring (bicyclic) bond motifs is 2. The van der Waals surface area contributed by atoms with Gasteiger partial charge in [0.25, 0.3) is 5.91 Å². The first-order valence-electron chi connectivity index (χ1n) is 11.6. The zero-order valence-electron chi connectivity index (χ0n) is 18.3. The highest BCUT2D eigenvalue weighted by Gasteiger charge is 2.45. The van der Waals surface area contributed by atoms with Gasteiger partial charge in [0, 0.05) is 36.9 Å². The third kappa shape index (κ3) is 3.12. The van der Waals surface area contributed by atoms with Crippen molar-refractivity contribution >= 4 is 22.6 Å². The molecule has 166 valence electrons. The molecule has 1 saturated heterocycles. The van der Waals surface area contributed by atoms with Crippen molar-refractivity contribution in [2.24, 2.45) is 0 Å². The summed E-state index contributed by atoms with van der Waals surface area (Å²) >= 11 is 0. The Balaban J connectivity index is 1.18. The van der Waals surface area contributed by atoms with E-state index in [2.05, 4.69) is 15.3 Å². The SMILES string of the molecule is Cc1cc(C(=O)N2CCC3(CC2)CC(=O)c2nn(C4CCCC4)cc2O3)cc2cn[nH]c12. The van der Waals surface area contributed by atoms with Crippen LogP contribution >= 0.6 is 0 Å². The fraction of sp³-hybridized carbons (Fsp3) is 0.500. The Morgan fingerprint density at radius 2 is 2.00 bits per heavy atom. The fourth-order valence-corrected chi connectivity index (χ4v) is 5.58. The number of amides is 1. The molecule has 8 heteroatoms. The summed E-state index contributed by atoms with van der Waals surface area (Å²) in [5, 5.41) is 12.6. The number of hydrogen-bond acceptors (Lipinski definition) is 5. The van der Waals surface area contributed by atoms with Crippen LogP contribution in [0.3, 0.4) is 0 Å². The number of carbonyl (C=O) groups excluding carboxylic acids is 2. The predicted molar refractivity (Wildman–Crippen MR) is 118 cm³/mol. The minimum Gasteiger partial charge on any atom is -0.483 e. The van der Waals surface area contributed by atoms with E-state index in [9.17, 15) is 9.59 Å². The standard InChI is InChI=1S/C24H27N5O3/c1-15-10-16(11-17-13-25-26-21(15)17)23(31)28-8-6-24(7-9-28)12-19(30)22-20(32-24)14-29(27-22)18-4-2-3-5-18/h10-11,13-14,18H,2-9,12H2,1H3,(H,25,26). The second kappa shape index (κ2) is 7.18. The number of aromatic amines is 1. The number of aromatic nitrogens is 4. The molecule has 2 aromatic heterocycles. The number of benzene rings is 1. The quantitative estimate of drug-likeness (QED) is 0.663. The van der Waals surface area contributed by atoms with Crippen molar-refractivity contribution in [2.75, 3.05) is 13.1 Å². The average Bonchev–Trinajstić information content (AvgIpc) is 3.53. The normalized spacial score (nSPS) is 20.7. The van der Waals surface area contributed by atoms with Gasteiger partial charge < -0.3 is 9.64 Å². The number of ether oxygens (including phenoxy) is 1. The summed E-state index contributed by atoms with van der Waals surface area (Å²) in [5.41, 5.74) is 2.58. The second-order valence-corrected chi connectivity index (χ2v) is 9.56. The Labute approximate surface area is 185 Å². The predicted octanol–water partition coefficient (Wildman–Crippen LogP) is 3.82. The van der Waals surface area contributed by atoms with E-state index in [1.165, 1.54) is 12.8 Å². The number of H-pyrrole nitrogens is 1. The van der Waals surface area contributed by atoms with Crippen LogP contribution in [0.25, 0.3) is 10.9 Å². The molecular formula is C24H27N5O3. The molecule has 32 heavy (non-hydrogen) atoms. The van der Waals surface area contributed by atoms with E-state index in [0.717, 1.165) is 29.3 Å². The Morgan fingerprint density at radius 3 is 2.78 bits per heavy atom. The Kier molecular flexibility index (Phi) is 4.38. The van der Waals surface area contributed by atoms with Gasteiger partial charge in [-0.3, -0.25) is 19.4 Å². The van der Waals surface area contributed by atoms with Crippen LogP contribution in [0.15, 0.2) is 24.5 Å². The molecule has 0 radical (unpaired) electrons. The van der Waals surface area contributed by atoms with Crippen molar-refractivity contribution in [1.82, 2.24) is 24.9 Å². The summed E-state index contributed by atoms with van der Waals surface area (Å²) in [6.45, 7) is 3.12. The molecule has 0 bridgehead atoms. The highest BCUT2D eigenvalue weighted by Crippen LogP contribution is 2.40. The van der Waals surface area contributed by atoms with Gasteiger partial charge in [-0.05, 0) is 37.5 Å². The van der Waals surface area contributed by atoms with Crippen LogP contribution in [0.1, 0.15) is 77.4 Å². The van der Waals surface area contributed by atoms with Gasteiger partial charge in [-0.25, -0.2) is 0 Å². The maximum Gasteiger partial charge on any atom is 0.253 e. The second-order valence-electron chi connectivity index (χ2n) is 9.56. The molecule has 1 saturated carbocycles. The first-order chi connectivity index (χ1) is 15.5. The molecule has 1 amide bonds.